The lowest BCUT2D eigenvalue weighted by atomic mass is 10.0. The molecule has 0 fully saturated rings. The van der Waals surface area contributed by atoms with E-state index in [1.165, 1.54) is 6.07 Å². The zero-order valence-corrected chi connectivity index (χ0v) is 13.1. The fraction of sp³-hybridized carbons (Fsp3) is 0.294. The molecule has 0 saturated heterocycles. The maximum absolute atomic E-state index is 13.2. The Kier molecular flexibility index (Phi) is 5.21. The van der Waals surface area contributed by atoms with Gasteiger partial charge in [0.1, 0.15) is 11.6 Å². The van der Waals surface area contributed by atoms with Crippen LogP contribution in [0.15, 0.2) is 42.5 Å². The Balaban J connectivity index is 2.06. The zero-order chi connectivity index (χ0) is 15.4. The lowest BCUT2D eigenvalue weighted by molar-refractivity contribution is 0.414. The van der Waals surface area contributed by atoms with E-state index in [1.807, 2.05) is 31.2 Å². The van der Waals surface area contributed by atoms with Gasteiger partial charge in [-0.3, -0.25) is 0 Å². The molecule has 0 spiro atoms. The highest BCUT2D eigenvalue weighted by Crippen LogP contribution is 2.24. The van der Waals surface area contributed by atoms with Crippen molar-refractivity contribution in [1.29, 1.82) is 0 Å². The number of hydrogen-bond donors (Lipinski definition) is 1. The van der Waals surface area contributed by atoms with Gasteiger partial charge in [-0.1, -0.05) is 29.8 Å². The predicted octanol–water partition coefficient (Wildman–Crippen LogP) is 4.90. The van der Waals surface area contributed by atoms with Gasteiger partial charge in [-0.25, -0.2) is 4.39 Å². The number of rotatable bonds is 5. The fourth-order valence-electron chi connectivity index (χ4n) is 2.24. The summed E-state index contributed by atoms with van der Waals surface area (Å²) in [6, 6.07) is 13.0. The first kappa shape index (κ1) is 15.8. The normalized spacial score (nSPS) is 13.8. The minimum atomic E-state index is -0.393. The molecule has 2 nitrogen and oxygen atoms in total. The number of hydrogen-bond acceptors (Lipinski definition) is 2. The van der Waals surface area contributed by atoms with Gasteiger partial charge in [0.25, 0.3) is 0 Å². The molecular weight excluding hydrogens is 289 g/mol. The van der Waals surface area contributed by atoms with Gasteiger partial charge in [0.05, 0.1) is 12.1 Å². The number of methoxy groups -OCH3 is 1. The summed E-state index contributed by atoms with van der Waals surface area (Å²) in [5, 5.41) is 3.63. The first-order valence-corrected chi connectivity index (χ1v) is 7.24. The van der Waals surface area contributed by atoms with Crippen LogP contribution in [-0.4, -0.2) is 7.11 Å². The second-order valence-electron chi connectivity index (χ2n) is 5.06. The summed E-state index contributed by atoms with van der Waals surface area (Å²) in [6.45, 7) is 4.12. The Morgan fingerprint density at radius 1 is 1.00 bits per heavy atom. The molecule has 112 valence electrons. The number of ether oxygens (including phenoxy) is 1. The van der Waals surface area contributed by atoms with Crippen molar-refractivity contribution in [3.63, 3.8) is 0 Å². The van der Waals surface area contributed by atoms with E-state index < -0.39 is 5.82 Å². The molecule has 1 N–H and O–H groups in total. The minimum absolute atomic E-state index is 0.0696. The van der Waals surface area contributed by atoms with Crippen molar-refractivity contribution in [1.82, 2.24) is 5.32 Å². The maximum Gasteiger partial charge on any atom is 0.141 e. The molecule has 0 heterocycles. The highest BCUT2D eigenvalue weighted by molar-refractivity contribution is 6.30. The molecule has 0 saturated carbocycles. The van der Waals surface area contributed by atoms with E-state index in [0.717, 1.165) is 16.9 Å². The quantitative estimate of drug-likeness (QED) is 0.848. The van der Waals surface area contributed by atoms with Crippen LogP contribution >= 0.6 is 11.6 Å². The second-order valence-corrected chi connectivity index (χ2v) is 5.46. The van der Waals surface area contributed by atoms with E-state index in [9.17, 15) is 4.39 Å². The summed E-state index contributed by atoms with van der Waals surface area (Å²) >= 11 is 5.83. The summed E-state index contributed by atoms with van der Waals surface area (Å²) in [5.74, 6) is 0.445. The van der Waals surface area contributed by atoms with Crippen LogP contribution in [-0.2, 0) is 0 Å². The van der Waals surface area contributed by atoms with Crippen molar-refractivity contribution in [2.75, 3.05) is 7.11 Å². The maximum atomic E-state index is 13.2. The molecule has 0 bridgehead atoms. The molecule has 21 heavy (non-hydrogen) atoms. The van der Waals surface area contributed by atoms with E-state index in [0.29, 0.717) is 0 Å². The van der Waals surface area contributed by atoms with Crippen LogP contribution in [0.25, 0.3) is 0 Å². The average Bonchev–Trinajstić information content (AvgIpc) is 2.50. The number of benzene rings is 2. The smallest absolute Gasteiger partial charge is 0.141 e. The van der Waals surface area contributed by atoms with Gasteiger partial charge in [-0.05, 0) is 49.2 Å². The summed E-state index contributed by atoms with van der Waals surface area (Å²) in [5.41, 5.74) is 2.12. The molecule has 4 heteroatoms. The van der Waals surface area contributed by atoms with Crippen molar-refractivity contribution < 1.29 is 9.13 Å². The Hall–Kier alpha value is -1.58. The molecular formula is C17H19ClFNO. The summed E-state index contributed by atoms with van der Waals surface area (Å²) in [4.78, 5) is 0. The van der Waals surface area contributed by atoms with Crippen LogP contribution in [0.4, 0.5) is 4.39 Å². The van der Waals surface area contributed by atoms with Gasteiger partial charge >= 0.3 is 0 Å². The molecule has 0 aromatic heterocycles. The van der Waals surface area contributed by atoms with Gasteiger partial charge in [-0.15, -0.1) is 0 Å². The lowest BCUT2D eigenvalue weighted by Crippen LogP contribution is -2.22. The van der Waals surface area contributed by atoms with Crippen molar-refractivity contribution in [3.8, 4) is 5.75 Å². The predicted molar refractivity (Wildman–Crippen MR) is 84.4 cm³/mol. The number of halogens is 2. The van der Waals surface area contributed by atoms with Crippen molar-refractivity contribution in [2.24, 2.45) is 0 Å². The zero-order valence-electron chi connectivity index (χ0n) is 12.4. The Bertz CT molecular complexity index is 600. The van der Waals surface area contributed by atoms with Crippen LogP contribution in [0.2, 0.25) is 5.02 Å². The molecule has 2 unspecified atom stereocenters. The second kappa shape index (κ2) is 6.92. The molecule has 0 aliphatic carbocycles. The van der Waals surface area contributed by atoms with Crippen LogP contribution in [0.1, 0.15) is 37.1 Å². The van der Waals surface area contributed by atoms with Crippen LogP contribution in [0.5, 0.6) is 5.75 Å². The Morgan fingerprint density at radius 2 is 1.57 bits per heavy atom. The largest absolute Gasteiger partial charge is 0.497 e. The fourth-order valence-corrected chi connectivity index (χ4v) is 2.43. The molecule has 0 radical (unpaired) electrons. The van der Waals surface area contributed by atoms with Crippen molar-refractivity contribution >= 4 is 11.6 Å². The third kappa shape index (κ3) is 3.96. The van der Waals surface area contributed by atoms with Gasteiger partial charge < -0.3 is 10.1 Å². The third-order valence-corrected chi connectivity index (χ3v) is 3.85. The Labute approximate surface area is 129 Å². The van der Waals surface area contributed by atoms with E-state index in [-0.39, 0.29) is 17.1 Å². The molecule has 2 atom stereocenters. The van der Waals surface area contributed by atoms with Crippen LogP contribution in [0, 0.1) is 5.82 Å². The van der Waals surface area contributed by atoms with Gasteiger partial charge in [0.2, 0.25) is 0 Å². The molecule has 2 rings (SSSR count). The molecule has 0 aliphatic heterocycles. The van der Waals surface area contributed by atoms with Gasteiger partial charge in [0.15, 0.2) is 0 Å². The summed E-state index contributed by atoms with van der Waals surface area (Å²) in [6.07, 6.45) is 0. The molecule has 2 aromatic rings. The molecule has 2 aromatic carbocycles. The highest BCUT2D eigenvalue weighted by Gasteiger charge is 2.12. The Morgan fingerprint density at radius 3 is 2.14 bits per heavy atom. The monoisotopic (exact) mass is 307 g/mol. The standard InChI is InChI=1S/C17H19ClFNO/c1-11(13-4-7-15(21-3)8-5-13)20-12(2)14-6-9-17(19)16(18)10-14/h4-12,20H,1-3H3. The first-order chi connectivity index (χ1) is 10.0. The van der Waals surface area contributed by atoms with Crippen LogP contribution in [0.3, 0.4) is 0 Å². The van der Waals surface area contributed by atoms with Crippen molar-refractivity contribution in [3.05, 3.63) is 64.4 Å². The minimum Gasteiger partial charge on any atom is -0.497 e. The topological polar surface area (TPSA) is 21.3 Å². The summed E-state index contributed by atoms with van der Waals surface area (Å²) in [7, 11) is 1.65. The van der Waals surface area contributed by atoms with E-state index >= 15 is 0 Å². The SMILES string of the molecule is COc1ccc(C(C)NC(C)c2ccc(F)c(Cl)c2)cc1. The molecule has 0 amide bonds. The average molecular weight is 308 g/mol. The van der Waals surface area contributed by atoms with Crippen LogP contribution < -0.4 is 10.1 Å². The first-order valence-electron chi connectivity index (χ1n) is 6.86. The van der Waals surface area contributed by atoms with E-state index in [2.05, 4.69) is 12.2 Å². The van der Waals surface area contributed by atoms with Gasteiger partial charge in [-0.2, -0.15) is 0 Å². The third-order valence-electron chi connectivity index (χ3n) is 3.56. The van der Waals surface area contributed by atoms with Gasteiger partial charge in [0, 0.05) is 12.1 Å². The van der Waals surface area contributed by atoms with E-state index in [4.69, 9.17) is 16.3 Å². The number of nitrogens with one attached hydrogen (secondary N) is 1. The molecule has 0 aliphatic rings. The summed E-state index contributed by atoms with van der Waals surface area (Å²) < 4.78 is 18.3. The van der Waals surface area contributed by atoms with E-state index in [1.54, 1.807) is 19.2 Å². The highest BCUT2D eigenvalue weighted by atomic mass is 35.5. The lowest BCUT2D eigenvalue weighted by Gasteiger charge is -2.21. The van der Waals surface area contributed by atoms with Crippen molar-refractivity contribution in [2.45, 2.75) is 25.9 Å².